The number of carbonyl (C=O) groups is 1. The number of anilines is 1. The molecule has 5 nitrogen and oxygen atoms in total. The average molecular weight is 469 g/mol. The molecule has 8 heteroatoms. The third-order valence-electron chi connectivity index (χ3n) is 4.83. The number of benzene rings is 2. The fourth-order valence-corrected chi connectivity index (χ4v) is 5.37. The number of halogens is 2. The minimum Gasteiger partial charge on any atom is -0.324 e. The molecule has 1 amide bonds. The summed E-state index contributed by atoms with van der Waals surface area (Å²) in [6.45, 7) is 2.27. The quantitative estimate of drug-likeness (QED) is 0.703. The molecule has 1 atom stereocenters. The lowest BCUT2D eigenvalue weighted by molar-refractivity contribution is -0.117. The minimum absolute atomic E-state index is 0.0133. The van der Waals surface area contributed by atoms with Crippen LogP contribution < -0.4 is 5.32 Å². The first kappa shape index (κ1) is 21.0. The first-order chi connectivity index (χ1) is 13.3. The Labute approximate surface area is 173 Å². The first-order valence-electron chi connectivity index (χ1n) is 9.11. The summed E-state index contributed by atoms with van der Waals surface area (Å²) < 4.78 is 42.1. The van der Waals surface area contributed by atoms with Gasteiger partial charge in [0.05, 0.1) is 10.6 Å². The molecule has 0 unspecified atom stereocenters. The van der Waals surface area contributed by atoms with E-state index in [2.05, 4.69) is 21.2 Å². The average Bonchev–Trinajstić information content (AvgIpc) is 2.65. The fraction of sp³-hybridized carbons (Fsp3) is 0.350. The molecule has 2 aromatic carbocycles. The van der Waals surface area contributed by atoms with Gasteiger partial charge in [-0.2, -0.15) is 4.31 Å². The predicted molar refractivity (Wildman–Crippen MR) is 110 cm³/mol. The Bertz CT molecular complexity index is 964. The van der Waals surface area contributed by atoms with Gasteiger partial charge in [-0.3, -0.25) is 4.79 Å². The summed E-state index contributed by atoms with van der Waals surface area (Å²) in [5.74, 6) is -0.951. The molecule has 150 valence electrons. The number of piperidine rings is 1. The van der Waals surface area contributed by atoms with Gasteiger partial charge in [-0.15, -0.1) is 0 Å². The van der Waals surface area contributed by atoms with E-state index in [0.717, 1.165) is 18.4 Å². The van der Waals surface area contributed by atoms with Crippen molar-refractivity contribution in [3.8, 4) is 0 Å². The standard InChI is InChI=1S/C20H22BrFN2O3S/c1-14-5-8-17(9-6-14)28(26,27)24-11-3-2-4-16(24)13-20(25)23-19-10-7-15(21)12-18(19)22/h5-10,12,16H,2-4,11,13H2,1H3,(H,23,25)/t16-/m0/s1. The Morgan fingerprint density at radius 2 is 1.93 bits per heavy atom. The highest BCUT2D eigenvalue weighted by molar-refractivity contribution is 9.10. The lowest BCUT2D eigenvalue weighted by Gasteiger charge is -2.34. The Morgan fingerprint density at radius 1 is 1.21 bits per heavy atom. The Morgan fingerprint density at radius 3 is 2.61 bits per heavy atom. The number of carbonyl (C=O) groups excluding carboxylic acids is 1. The number of aryl methyl sites for hydroxylation is 1. The normalized spacial score (nSPS) is 18.0. The van der Waals surface area contributed by atoms with E-state index < -0.39 is 27.8 Å². The molecule has 0 radical (unpaired) electrons. The molecule has 28 heavy (non-hydrogen) atoms. The Hall–Kier alpha value is -1.77. The highest BCUT2D eigenvalue weighted by Gasteiger charge is 2.34. The van der Waals surface area contributed by atoms with E-state index >= 15 is 0 Å². The van der Waals surface area contributed by atoms with E-state index in [-0.39, 0.29) is 17.0 Å². The zero-order valence-corrected chi connectivity index (χ0v) is 17.9. The van der Waals surface area contributed by atoms with Crippen molar-refractivity contribution < 1.29 is 17.6 Å². The van der Waals surface area contributed by atoms with Crippen LogP contribution in [-0.2, 0) is 14.8 Å². The van der Waals surface area contributed by atoms with Crippen molar-refractivity contribution >= 4 is 37.5 Å². The monoisotopic (exact) mass is 468 g/mol. The van der Waals surface area contributed by atoms with Crippen LogP contribution in [0.5, 0.6) is 0 Å². The van der Waals surface area contributed by atoms with Gasteiger partial charge in [0, 0.05) is 23.5 Å². The van der Waals surface area contributed by atoms with Crippen molar-refractivity contribution in [3.63, 3.8) is 0 Å². The molecule has 0 aromatic heterocycles. The van der Waals surface area contributed by atoms with Crippen LogP contribution in [0.25, 0.3) is 0 Å². The summed E-state index contributed by atoms with van der Waals surface area (Å²) >= 11 is 3.17. The maximum atomic E-state index is 14.0. The molecule has 3 rings (SSSR count). The van der Waals surface area contributed by atoms with Crippen LogP contribution in [0.2, 0.25) is 0 Å². The maximum Gasteiger partial charge on any atom is 0.243 e. The smallest absolute Gasteiger partial charge is 0.243 e. The molecule has 1 N–H and O–H groups in total. The summed E-state index contributed by atoms with van der Waals surface area (Å²) in [7, 11) is -3.69. The van der Waals surface area contributed by atoms with Gasteiger partial charge in [-0.05, 0) is 50.1 Å². The molecular formula is C20H22BrFN2O3S. The summed E-state index contributed by atoms with van der Waals surface area (Å²) in [6.07, 6.45) is 2.19. The van der Waals surface area contributed by atoms with Crippen LogP contribution in [0.4, 0.5) is 10.1 Å². The van der Waals surface area contributed by atoms with Crippen LogP contribution in [0.3, 0.4) is 0 Å². The van der Waals surface area contributed by atoms with Crippen molar-refractivity contribution in [1.29, 1.82) is 0 Å². The van der Waals surface area contributed by atoms with Crippen molar-refractivity contribution in [2.24, 2.45) is 0 Å². The number of rotatable bonds is 5. The SMILES string of the molecule is Cc1ccc(S(=O)(=O)N2CCCC[C@H]2CC(=O)Nc2ccc(Br)cc2F)cc1. The van der Waals surface area contributed by atoms with Gasteiger partial charge in [0.25, 0.3) is 0 Å². The Kier molecular flexibility index (Phi) is 6.52. The molecule has 0 saturated carbocycles. The number of amides is 1. The van der Waals surface area contributed by atoms with E-state index in [0.29, 0.717) is 17.4 Å². The summed E-state index contributed by atoms with van der Waals surface area (Å²) in [4.78, 5) is 12.7. The molecule has 0 bridgehead atoms. The second-order valence-corrected chi connectivity index (χ2v) is 9.76. The van der Waals surface area contributed by atoms with E-state index in [1.807, 2.05) is 6.92 Å². The van der Waals surface area contributed by atoms with Crippen molar-refractivity contribution in [2.45, 2.75) is 43.5 Å². The Balaban J connectivity index is 1.75. The highest BCUT2D eigenvalue weighted by atomic mass is 79.9. The molecule has 0 aliphatic carbocycles. The van der Waals surface area contributed by atoms with E-state index in [1.54, 1.807) is 30.3 Å². The van der Waals surface area contributed by atoms with Gasteiger partial charge in [0.2, 0.25) is 15.9 Å². The molecule has 1 saturated heterocycles. The van der Waals surface area contributed by atoms with Crippen molar-refractivity contribution in [1.82, 2.24) is 4.31 Å². The van der Waals surface area contributed by atoms with Crippen molar-refractivity contribution in [2.75, 3.05) is 11.9 Å². The number of nitrogens with zero attached hydrogens (tertiary/aromatic N) is 1. The highest BCUT2D eigenvalue weighted by Crippen LogP contribution is 2.28. The molecule has 1 fully saturated rings. The van der Waals surface area contributed by atoms with Crippen LogP contribution in [0.1, 0.15) is 31.2 Å². The molecule has 1 aliphatic heterocycles. The second kappa shape index (κ2) is 8.71. The van der Waals surface area contributed by atoms with Gasteiger partial charge < -0.3 is 5.32 Å². The predicted octanol–water partition coefficient (Wildman–Crippen LogP) is 4.47. The third kappa shape index (κ3) is 4.79. The van der Waals surface area contributed by atoms with Crippen LogP contribution in [0.15, 0.2) is 51.8 Å². The molecule has 2 aromatic rings. The van der Waals surface area contributed by atoms with E-state index in [4.69, 9.17) is 0 Å². The molecule has 0 spiro atoms. The maximum absolute atomic E-state index is 14.0. The largest absolute Gasteiger partial charge is 0.324 e. The van der Waals surface area contributed by atoms with Gasteiger partial charge in [-0.1, -0.05) is 40.0 Å². The zero-order chi connectivity index (χ0) is 20.3. The summed E-state index contributed by atoms with van der Waals surface area (Å²) in [6, 6.07) is 10.6. The number of hydrogen-bond donors (Lipinski definition) is 1. The number of hydrogen-bond acceptors (Lipinski definition) is 3. The zero-order valence-electron chi connectivity index (χ0n) is 15.5. The molecular weight excluding hydrogens is 447 g/mol. The summed E-state index contributed by atoms with van der Waals surface area (Å²) in [5, 5.41) is 2.55. The van der Waals surface area contributed by atoms with Crippen LogP contribution in [0, 0.1) is 12.7 Å². The third-order valence-corrected chi connectivity index (χ3v) is 7.29. The molecule has 1 heterocycles. The summed E-state index contributed by atoms with van der Waals surface area (Å²) in [5.41, 5.74) is 1.06. The lowest BCUT2D eigenvalue weighted by atomic mass is 10.0. The molecule has 1 aliphatic rings. The van der Waals surface area contributed by atoms with Gasteiger partial charge in [-0.25, -0.2) is 12.8 Å². The van der Waals surface area contributed by atoms with Crippen LogP contribution in [-0.4, -0.2) is 31.2 Å². The topological polar surface area (TPSA) is 66.5 Å². The van der Waals surface area contributed by atoms with E-state index in [9.17, 15) is 17.6 Å². The lowest BCUT2D eigenvalue weighted by Crippen LogP contribution is -2.45. The van der Waals surface area contributed by atoms with Gasteiger partial charge in [0.1, 0.15) is 5.82 Å². The second-order valence-electron chi connectivity index (χ2n) is 6.95. The number of sulfonamides is 1. The number of nitrogens with one attached hydrogen (secondary N) is 1. The first-order valence-corrected chi connectivity index (χ1v) is 11.3. The van der Waals surface area contributed by atoms with Gasteiger partial charge in [0.15, 0.2) is 0 Å². The van der Waals surface area contributed by atoms with Crippen LogP contribution >= 0.6 is 15.9 Å². The fourth-order valence-electron chi connectivity index (χ4n) is 3.35. The van der Waals surface area contributed by atoms with Crippen molar-refractivity contribution in [3.05, 3.63) is 58.3 Å². The van der Waals surface area contributed by atoms with E-state index in [1.165, 1.54) is 16.4 Å². The van der Waals surface area contributed by atoms with Gasteiger partial charge >= 0.3 is 0 Å². The minimum atomic E-state index is -3.69.